The fourth-order valence-corrected chi connectivity index (χ4v) is 2.63. The first-order chi connectivity index (χ1) is 12.7. The minimum absolute atomic E-state index is 0.532. The number of ether oxygens (including phenoxy) is 4. The molecule has 0 aliphatic rings. The predicted molar refractivity (Wildman–Crippen MR) is 99.1 cm³/mol. The maximum atomic E-state index is 5.41. The number of methoxy groups -OCH3 is 4. The topological polar surface area (TPSA) is 62.7 Å². The van der Waals surface area contributed by atoms with Crippen molar-refractivity contribution < 1.29 is 18.9 Å². The summed E-state index contributed by atoms with van der Waals surface area (Å²) in [6.45, 7) is 0. The summed E-state index contributed by atoms with van der Waals surface area (Å²) >= 11 is 0. The quantitative estimate of drug-likeness (QED) is 0.672. The van der Waals surface area contributed by atoms with Crippen molar-refractivity contribution >= 4 is 0 Å². The van der Waals surface area contributed by atoms with Crippen LogP contribution in [-0.2, 0) is 0 Å². The van der Waals surface area contributed by atoms with Gasteiger partial charge in [0.05, 0.1) is 34.1 Å². The first kappa shape index (κ1) is 17.5. The van der Waals surface area contributed by atoms with Crippen molar-refractivity contribution in [2.45, 2.75) is 0 Å². The Morgan fingerprint density at radius 2 is 1.35 bits per heavy atom. The second kappa shape index (κ2) is 7.74. The van der Waals surface area contributed by atoms with Gasteiger partial charge in [0.15, 0.2) is 17.3 Å². The third-order valence-electron chi connectivity index (χ3n) is 3.96. The Morgan fingerprint density at radius 1 is 0.692 bits per heavy atom. The second-order valence-corrected chi connectivity index (χ2v) is 5.41. The number of hydrogen-bond donors (Lipinski definition) is 0. The largest absolute Gasteiger partial charge is 0.497 e. The summed E-state index contributed by atoms with van der Waals surface area (Å²) in [5.41, 5.74) is 2.56. The second-order valence-electron chi connectivity index (χ2n) is 5.41. The van der Waals surface area contributed by atoms with Crippen molar-refractivity contribution in [1.29, 1.82) is 0 Å². The number of rotatable bonds is 6. The van der Waals surface area contributed by atoms with Gasteiger partial charge in [0.25, 0.3) is 0 Å². The van der Waals surface area contributed by atoms with E-state index in [1.165, 1.54) is 0 Å². The molecule has 2 aromatic carbocycles. The van der Waals surface area contributed by atoms with Crippen molar-refractivity contribution in [3.63, 3.8) is 0 Å². The highest BCUT2D eigenvalue weighted by molar-refractivity contribution is 5.69. The molecule has 26 heavy (non-hydrogen) atoms. The molecular formula is C20H20N2O4. The lowest BCUT2D eigenvalue weighted by atomic mass is 10.1. The van der Waals surface area contributed by atoms with Gasteiger partial charge in [0.1, 0.15) is 5.75 Å². The van der Waals surface area contributed by atoms with E-state index in [-0.39, 0.29) is 0 Å². The summed E-state index contributed by atoms with van der Waals surface area (Å²) in [7, 11) is 6.37. The smallest absolute Gasteiger partial charge is 0.203 e. The Labute approximate surface area is 152 Å². The van der Waals surface area contributed by atoms with E-state index in [1.54, 1.807) is 34.6 Å². The van der Waals surface area contributed by atoms with Crippen LogP contribution in [0, 0.1) is 0 Å². The lowest BCUT2D eigenvalue weighted by Crippen LogP contribution is -1.97. The van der Waals surface area contributed by atoms with Gasteiger partial charge in [0.2, 0.25) is 5.75 Å². The standard InChI is InChI=1S/C20H20N2O4/c1-23-15-7-5-13(6-8-15)16-9-10-21-20(22-16)14-11-17(24-2)19(26-4)18(12-14)25-3/h5-12H,1-4H3. The highest BCUT2D eigenvalue weighted by Gasteiger charge is 2.15. The third kappa shape index (κ3) is 3.39. The van der Waals surface area contributed by atoms with Gasteiger partial charge in [-0.25, -0.2) is 9.97 Å². The van der Waals surface area contributed by atoms with Crippen LogP contribution in [0.15, 0.2) is 48.7 Å². The molecule has 3 rings (SSSR count). The van der Waals surface area contributed by atoms with Gasteiger partial charge >= 0.3 is 0 Å². The third-order valence-corrected chi connectivity index (χ3v) is 3.96. The summed E-state index contributed by atoms with van der Waals surface area (Å²) in [5.74, 6) is 3.01. The van der Waals surface area contributed by atoms with Gasteiger partial charge < -0.3 is 18.9 Å². The zero-order chi connectivity index (χ0) is 18.5. The number of hydrogen-bond acceptors (Lipinski definition) is 6. The van der Waals surface area contributed by atoms with Gasteiger partial charge in [0, 0.05) is 17.3 Å². The van der Waals surface area contributed by atoms with Crippen LogP contribution in [0.2, 0.25) is 0 Å². The summed E-state index contributed by atoms with van der Waals surface area (Å²) in [5, 5.41) is 0. The molecule has 0 atom stereocenters. The Balaban J connectivity index is 2.04. The minimum Gasteiger partial charge on any atom is -0.497 e. The Bertz CT molecular complexity index is 870. The van der Waals surface area contributed by atoms with Crippen LogP contribution in [0.25, 0.3) is 22.6 Å². The van der Waals surface area contributed by atoms with Crippen molar-refractivity contribution in [2.75, 3.05) is 28.4 Å². The van der Waals surface area contributed by atoms with E-state index in [0.29, 0.717) is 23.1 Å². The zero-order valence-corrected chi connectivity index (χ0v) is 15.1. The van der Waals surface area contributed by atoms with Crippen molar-refractivity contribution in [1.82, 2.24) is 9.97 Å². The zero-order valence-electron chi connectivity index (χ0n) is 15.1. The van der Waals surface area contributed by atoms with Crippen LogP contribution in [0.3, 0.4) is 0 Å². The molecule has 0 aliphatic heterocycles. The van der Waals surface area contributed by atoms with Gasteiger partial charge in [-0.05, 0) is 42.5 Å². The molecule has 0 bridgehead atoms. The summed E-state index contributed by atoms with van der Waals surface area (Å²) in [6.07, 6.45) is 1.73. The summed E-state index contributed by atoms with van der Waals surface area (Å²) in [6, 6.07) is 13.2. The maximum Gasteiger partial charge on any atom is 0.203 e. The van der Waals surface area contributed by atoms with Crippen molar-refractivity contribution in [2.24, 2.45) is 0 Å². The van der Waals surface area contributed by atoms with Gasteiger partial charge in [-0.15, -0.1) is 0 Å². The first-order valence-corrected chi connectivity index (χ1v) is 7.98. The van der Waals surface area contributed by atoms with Crippen LogP contribution < -0.4 is 18.9 Å². The molecule has 0 fully saturated rings. The number of nitrogens with zero attached hydrogens (tertiary/aromatic N) is 2. The molecule has 0 aliphatic carbocycles. The molecule has 1 heterocycles. The maximum absolute atomic E-state index is 5.41. The van der Waals surface area contributed by atoms with E-state index in [2.05, 4.69) is 9.97 Å². The molecule has 1 aromatic heterocycles. The molecule has 6 heteroatoms. The highest BCUT2D eigenvalue weighted by atomic mass is 16.5. The fraction of sp³-hybridized carbons (Fsp3) is 0.200. The minimum atomic E-state index is 0.532. The molecule has 0 saturated carbocycles. The Kier molecular flexibility index (Phi) is 5.22. The van der Waals surface area contributed by atoms with Crippen LogP contribution in [0.1, 0.15) is 0 Å². The molecule has 0 amide bonds. The lowest BCUT2D eigenvalue weighted by molar-refractivity contribution is 0.324. The van der Waals surface area contributed by atoms with E-state index in [1.807, 2.05) is 42.5 Å². The van der Waals surface area contributed by atoms with Crippen LogP contribution in [0.5, 0.6) is 23.0 Å². The normalized spacial score (nSPS) is 10.3. The molecular weight excluding hydrogens is 332 g/mol. The van der Waals surface area contributed by atoms with E-state index < -0.39 is 0 Å². The van der Waals surface area contributed by atoms with Crippen molar-refractivity contribution in [3.05, 3.63) is 48.7 Å². The summed E-state index contributed by atoms with van der Waals surface area (Å²) in [4.78, 5) is 9.06. The van der Waals surface area contributed by atoms with Gasteiger partial charge in [-0.3, -0.25) is 0 Å². The van der Waals surface area contributed by atoms with Gasteiger partial charge in [-0.2, -0.15) is 0 Å². The average molecular weight is 352 g/mol. The van der Waals surface area contributed by atoms with E-state index in [0.717, 1.165) is 22.6 Å². The SMILES string of the molecule is COc1ccc(-c2ccnc(-c3cc(OC)c(OC)c(OC)c3)n2)cc1. The molecule has 0 saturated heterocycles. The molecule has 3 aromatic rings. The van der Waals surface area contributed by atoms with Crippen LogP contribution in [0.4, 0.5) is 0 Å². The van der Waals surface area contributed by atoms with Crippen LogP contribution in [-0.4, -0.2) is 38.4 Å². The predicted octanol–water partition coefficient (Wildman–Crippen LogP) is 3.85. The van der Waals surface area contributed by atoms with Crippen LogP contribution >= 0.6 is 0 Å². The molecule has 134 valence electrons. The molecule has 0 spiro atoms. The molecule has 0 radical (unpaired) electrons. The molecule has 0 unspecified atom stereocenters. The monoisotopic (exact) mass is 352 g/mol. The average Bonchev–Trinajstić information content (AvgIpc) is 2.72. The van der Waals surface area contributed by atoms with Gasteiger partial charge in [-0.1, -0.05) is 0 Å². The van der Waals surface area contributed by atoms with E-state index in [9.17, 15) is 0 Å². The highest BCUT2D eigenvalue weighted by Crippen LogP contribution is 2.40. The molecule has 0 N–H and O–H groups in total. The lowest BCUT2D eigenvalue weighted by Gasteiger charge is -2.14. The fourth-order valence-electron chi connectivity index (χ4n) is 2.63. The number of aromatic nitrogens is 2. The van der Waals surface area contributed by atoms with Crippen molar-refractivity contribution in [3.8, 4) is 45.6 Å². The molecule has 6 nitrogen and oxygen atoms in total. The first-order valence-electron chi connectivity index (χ1n) is 7.98. The van der Waals surface area contributed by atoms with E-state index >= 15 is 0 Å². The van der Waals surface area contributed by atoms with E-state index in [4.69, 9.17) is 18.9 Å². The Morgan fingerprint density at radius 3 is 1.88 bits per heavy atom. The Hall–Kier alpha value is -3.28. The summed E-state index contributed by atoms with van der Waals surface area (Å²) < 4.78 is 21.4. The number of benzene rings is 2.